The van der Waals surface area contributed by atoms with Crippen LogP contribution in [0.4, 0.5) is 0 Å². The maximum absolute atomic E-state index is 10.1. The van der Waals surface area contributed by atoms with Crippen molar-refractivity contribution in [3.05, 3.63) is 52.2 Å². The molecule has 0 saturated carbocycles. The van der Waals surface area contributed by atoms with Crippen molar-refractivity contribution in [3.8, 4) is 5.75 Å². The van der Waals surface area contributed by atoms with E-state index in [-0.39, 0.29) is 6.10 Å². The van der Waals surface area contributed by atoms with E-state index in [2.05, 4.69) is 0 Å². The van der Waals surface area contributed by atoms with Gasteiger partial charge >= 0.3 is 0 Å². The lowest BCUT2D eigenvalue weighted by Gasteiger charge is -2.12. The fourth-order valence-corrected chi connectivity index (χ4v) is 2.35. The van der Waals surface area contributed by atoms with E-state index in [0.29, 0.717) is 0 Å². The Labute approximate surface area is 105 Å². The van der Waals surface area contributed by atoms with Crippen LogP contribution in [0.25, 0.3) is 0 Å². The molecule has 1 aromatic heterocycles. The van der Waals surface area contributed by atoms with Gasteiger partial charge in [-0.15, -0.1) is 11.3 Å². The Kier molecular flexibility index (Phi) is 3.82. The largest absolute Gasteiger partial charge is 0.491 e. The van der Waals surface area contributed by atoms with Gasteiger partial charge < -0.3 is 9.84 Å². The van der Waals surface area contributed by atoms with Crippen LogP contribution in [0.1, 0.15) is 30.4 Å². The van der Waals surface area contributed by atoms with E-state index < -0.39 is 6.10 Å². The van der Waals surface area contributed by atoms with Gasteiger partial charge in [-0.3, -0.25) is 0 Å². The maximum atomic E-state index is 10.1. The van der Waals surface area contributed by atoms with Crippen LogP contribution < -0.4 is 4.74 Å². The molecule has 2 nitrogen and oxygen atoms in total. The molecular formula is C14H16O2S. The van der Waals surface area contributed by atoms with Gasteiger partial charge in [0.05, 0.1) is 6.10 Å². The molecule has 1 unspecified atom stereocenters. The lowest BCUT2D eigenvalue weighted by atomic mass is 10.1. The topological polar surface area (TPSA) is 29.5 Å². The minimum atomic E-state index is -0.539. The molecule has 2 aromatic rings. The van der Waals surface area contributed by atoms with Gasteiger partial charge in [0.1, 0.15) is 11.9 Å². The standard InChI is InChI=1S/C14H16O2S/c1-10(2)16-12-7-5-11(6-8-12)14(15)13-4-3-9-17-13/h3-10,14-15H,1-2H3. The van der Waals surface area contributed by atoms with Gasteiger partial charge in [-0.25, -0.2) is 0 Å². The molecule has 0 bridgehead atoms. The molecule has 0 radical (unpaired) electrons. The highest BCUT2D eigenvalue weighted by molar-refractivity contribution is 7.10. The number of aliphatic hydroxyl groups excluding tert-OH is 1. The molecule has 0 aliphatic rings. The van der Waals surface area contributed by atoms with Gasteiger partial charge in [0.2, 0.25) is 0 Å². The molecule has 1 aromatic carbocycles. The van der Waals surface area contributed by atoms with Crippen molar-refractivity contribution in [3.63, 3.8) is 0 Å². The van der Waals surface area contributed by atoms with E-state index in [9.17, 15) is 5.11 Å². The van der Waals surface area contributed by atoms with Crippen LogP contribution in [0.15, 0.2) is 41.8 Å². The van der Waals surface area contributed by atoms with Crippen molar-refractivity contribution in [2.45, 2.75) is 26.1 Å². The fraction of sp³-hybridized carbons (Fsp3) is 0.286. The van der Waals surface area contributed by atoms with Crippen LogP contribution in [0.3, 0.4) is 0 Å². The third-order valence-electron chi connectivity index (χ3n) is 2.38. The highest BCUT2D eigenvalue weighted by Crippen LogP contribution is 2.27. The summed E-state index contributed by atoms with van der Waals surface area (Å²) in [5.74, 6) is 0.835. The first-order valence-electron chi connectivity index (χ1n) is 5.65. The van der Waals surface area contributed by atoms with E-state index in [0.717, 1.165) is 16.2 Å². The average Bonchev–Trinajstić information content (AvgIpc) is 2.82. The highest BCUT2D eigenvalue weighted by Gasteiger charge is 2.11. The zero-order valence-electron chi connectivity index (χ0n) is 9.96. The lowest BCUT2D eigenvalue weighted by molar-refractivity contribution is 0.223. The Morgan fingerprint density at radius 2 is 1.82 bits per heavy atom. The van der Waals surface area contributed by atoms with Crippen LogP contribution in [0, 0.1) is 0 Å². The Bertz CT molecular complexity index is 446. The van der Waals surface area contributed by atoms with Crippen molar-refractivity contribution in [1.82, 2.24) is 0 Å². The Hall–Kier alpha value is -1.32. The van der Waals surface area contributed by atoms with Gasteiger partial charge in [-0.1, -0.05) is 18.2 Å². The second-order valence-corrected chi connectivity index (χ2v) is 5.13. The van der Waals surface area contributed by atoms with Gasteiger partial charge in [0.15, 0.2) is 0 Å². The van der Waals surface area contributed by atoms with Gasteiger partial charge in [0.25, 0.3) is 0 Å². The second kappa shape index (κ2) is 5.34. The van der Waals surface area contributed by atoms with Crippen LogP contribution >= 0.6 is 11.3 Å². The monoisotopic (exact) mass is 248 g/mol. The van der Waals surface area contributed by atoms with Crippen molar-refractivity contribution < 1.29 is 9.84 Å². The van der Waals surface area contributed by atoms with Crippen LogP contribution in [-0.2, 0) is 0 Å². The number of thiophene rings is 1. The molecule has 2 rings (SSSR count). The van der Waals surface area contributed by atoms with Crippen molar-refractivity contribution >= 4 is 11.3 Å². The summed E-state index contributed by atoms with van der Waals surface area (Å²) >= 11 is 1.56. The normalized spacial score (nSPS) is 12.7. The third kappa shape index (κ3) is 3.08. The SMILES string of the molecule is CC(C)Oc1ccc(C(O)c2cccs2)cc1. The van der Waals surface area contributed by atoms with Crippen molar-refractivity contribution in [2.75, 3.05) is 0 Å². The average molecular weight is 248 g/mol. The number of benzene rings is 1. The molecule has 1 N–H and O–H groups in total. The number of hydrogen-bond acceptors (Lipinski definition) is 3. The summed E-state index contributed by atoms with van der Waals surface area (Å²) in [7, 11) is 0. The molecule has 0 fully saturated rings. The van der Waals surface area contributed by atoms with Crippen molar-refractivity contribution in [1.29, 1.82) is 0 Å². The summed E-state index contributed by atoms with van der Waals surface area (Å²) in [4.78, 5) is 0.961. The van der Waals surface area contributed by atoms with E-state index >= 15 is 0 Å². The number of hydrogen-bond donors (Lipinski definition) is 1. The van der Waals surface area contributed by atoms with Gasteiger partial charge in [-0.2, -0.15) is 0 Å². The molecule has 1 heterocycles. The summed E-state index contributed by atoms with van der Waals surface area (Å²) in [6, 6.07) is 11.5. The zero-order valence-corrected chi connectivity index (χ0v) is 10.8. The Morgan fingerprint density at radius 3 is 2.35 bits per heavy atom. The van der Waals surface area contributed by atoms with Crippen LogP contribution in [0.5, 0.6) is 5.75 Å². The summed E-state index contributed by atoms with van der Waals surface area (Å²) in [5, 5.41) is 12.1. The Morgan fingerprint density at radius 1 is 1.12 bits per heavy atom. The molecule has 0 spiro atoms. The first-order valence-corrected chi connectivity index (χ1v) is 6.53. The smallest absolute Gasteiger partial charge is 0.119 e. The van der Waals surface area contributed by atoms with Crippen LogP contribution in [0.2, 0.25) is 0 Å². The molecule has 3 heteroatoms. The van der Waals surface area contributed by atoms with Crippen LogP contribution in [-0.4, -0.2) is 11.2 Å². The summed E-state index contributed by atoms with van der Waals surface area (Å²) in [6.45, 7) is 3.99. The molecule has 0 amide bonds. The second-order valence-electron chi connectivity index (χ2n) is 4.15. The summed E-state index contributed by atoms with van der Waals surface area (Å²) in [5.41, 5.74) is 0.892. The summed E-state index contributed by atoms with van der Waals surface area (Å²) in [6.07, 6.45) is -0.369. The van der Waals surface area contributed by atoms with Crippen molar-refractivity contribution in [2.24, 2.45) is 0 Å². The van der Waals surface area contributed by atoms with E-state index in [1.54, 1.807) is 11.3 Å². The molecular weight excluding hydrogens is 232 g/mol. The molecule has 17 heavy (non-hydrogen) atoms. The first-order chi connectivity index (χ1) is 8.16. The molecule has 1 atom stereocenters. The lowest BCUT2D eigenvalue weighted by Crippen LogP contribution is -2.05. The molecule has 90 valence electrons. The predicted molar refractivity (Wildman–Crippen MR) is 70.6 cm³/mol. The zero-order chi connectivity index (χ0) is 12.3. The molecule has 0 aliphatic heterocycles. The maximum Gasteiger partial charge on any atom is 0.119 e. The minimum absolute atomic E-state index is 0.170. The Balaban J connectivity index is 2.12. The quantitative estimate of drug-likeness (QED) is 0.895. The molecule has 0 aliphatic carbocycles. The third-order valence-corrected chi connectivity index (χ3v) is 3.31. The first kappa shape index (κ1) is 12.1. The number of ether oxygens (including phenoxy) is 1. The minimum Gasteiger partial charge on any atom is -0.491 e. The molecule has 0 saturated heterocycles. The van der Waals surface area contributed by atoms with Gasteiger partial charge in [0, 0.05) is 4.88 Å². The predicted octanol–water partition coefficient (Wildman–Crippen LogP) is 3.62. The number of rotatable bonds is 4. The van der Waals surface area contributed by atoms with E-state index in [1.807, 2.05) is 55.6 Å². The van der Waals surface area contributed by atoms with Gasteiger partial charge in [-0.05, 0) is 43.0 Å². The summed E-state index contributed by atoms with van der Waals surface area (Å²) < 4.78 is 5.56. The van der Waals surface area contributed by atoms with E-state index in [1.165, 1.54) is 0 Å². The number of aliphatic hydroxyl groups is 1. The van der Waals surface area contributed by atoms with E-state index in [4.69, 9.17) is 4.74 Å². The highest BCUT2D eigenvalue weighted by atomic mass is 32.1. The fourth-order valence-electron chi connectivity index (χ4n) is 1.61.